The number of nitriles is 1. The van der Waals surface area contributed by atoms with E-state index >= 15 is 0 Å². The van der Waals surface area contributed by atoms with Crippen LogP contribution in [0.3, 0.4) is 0 Å². The van der Waals surface area contributed by atoms with Gasteiger partial charge in [-0.05, 0) is 56.7 Å². The minimum Gasteiger partial charge on any atom is -0.462 e. The van der Waals surface area contributed by atoms with E-state index in [0.29, 0.717) is 29.4 Å². The summed E-state index contributed by atoms with van der Waals surface area (Å²) >= 11 is 0. The maximum Gasteiger partial charge on any atom is 0.338 e. The van der Waals surface area contributed by atoms with Crippen molar-refractivity contribution in [2.75, 3.05) is 11.9 Å². The van der Waals surface area contributed by atoms with Crippen molar-refractivity contribution in [2.45, 2.75) is 20.8 Å². The Labute approximate surface area is 180 Å². The number of aryl methyl sites for hydroxylation is 2. The largest absolute Gasteiger partial charge is 0.462 e. The highest BCUT2D eigenvalue weighted by atomic mass is 16.5. The van der Waals surface area contributed by atoms with Crippen molar-refractivity contribution < 1.29 is 18.7 Å². The summed E-state index contributed by atoms with van der Waals surface area (Å²) in [5, 5.41) is 12.2. The minimum absolute atomic E-state index is 0.0708. The molecule has 1 amide bonds. The summed E-state index contributed by atoms with van der Waals surface area (Å²) in [5.74, 6) is 0.0299. The minimum atomic E-state index is -0.508. The molecule has 1 aromatic heterocycles. The van der Waals surface area contributed by atoms with E-state index in [9.17, 15) is 14.9 Å². The molecule has 0 aliphatic heterocycles. The first-order valence-electron chi connectivity index (χ1n) is 9.79. The standard InChI is InChI=1S/C25H22N2O4/c1-4-30-25(29)19-8-6-18(7-9-19)23-12-10-21(31-23)14-20(15-26)24(28)27-22-11-5-16(2)13-17(22)3/h5-14H,4H2,1-3H3,(H,27,28). The third-order valence-corrected chi connectivity index (χ3v) is 4.59. The molecule has 6 heteroatoms. The number of nitrogens with zero attached hydrogens (tertiary/aromatic N) is 1. The maximum atomic E-state index is 12.5. The van der Waals surface area contributed by atoms with Gasteiger partial charge in [0, 0.05) is 17.3 Å². The van der Waals surface area contributed by atoms with Crippen molar-refractivity contribution in [1.29, 1.82) is 5.26 Å². The lowest BCUT2D eigenvalue weighted by molar-refractivity contribution is -0.112. The summed E-state index contributed by atoms with van der Waals surface area (Å²) < 4.78 is 10.7. The molecular formula is C25H22N2O4. The first kappa shape index (κ1) is 21.6. The van der Waals surface area contributed by atoms with Gasteiger partial charge in [-0.2, -0.15) is 5.26 Å². The molecule has 0 bridgehead atoms. The van der Waals surface area contributed by atoms with Gasteiger partial charge in [-0.3, -0.25) is 4.79 Å². The van der Waals surface area contributed by atoms with Gasteiger partial charge in [0.15, 0.2) is 0 Å². The monoisotopic (exact) mass is 414 g/mol. The molecule has 3 rings (SSSR count). The fourth-order valence-electron chi connectivity index (χ4n) is 3.00. The lowest BCUT2D eigenvalue weighted by atomic mass is 10.1. The summed E-state index contributed by atoms with van der Waals surface area (Å²) in [7, 11) is 0. The maximum absolute atomic E-state index is 12.5. The van der Waals surface area contributed by atoms with Crippen LogP contribution < -0.4 is 5.32 Å². The van der Waals surface area contributed by atoms with Gasteiger partial charge < -0.3 is 14.5 Å². The number of anilines is 1. The highest BCUT2D eigenvalue weighted by Gasteiger charge is 2.13. The van der Waals surface area contributed by atoms with Crippen LogP contribution in [0.25, 0.3) is 17.4 Å². The predicted molar refractivity (Wildman–Crippen MR) is 118 cm³/mol. The number of carbonyl (C=O) groups excluding carboxylic acids is 2. The van der Waals surface area contributed by atoms with E-state index in [1.807, 2.05) is 38.1 Å². The molecular weight excluding hydrogens is 392 g/mol. The summed E-state index contributed by atoms with van der Waals surface area (Å²) in [5.41, 5.74) is 3.79. The number of esters is 1. The van der Waals surface area contributed by atoms with Crippen LogP contribution in [0.15, 0.2) is 64.6 Å². The second-order valence-corrected chi connectivity index (χ2v) is 6.94. The van der Waals surface area contributed by atoms with Crippen LogP contribution in [0.1, 0.15) is 34.2 Å². The Bertz CT molecular complexity index is 1180. The van der Waals surface area contributed by atoms with E-state index in [-0.39, 0.29) is 11.5 Å². The molecule has 31 heavy (non-hydrogen) atoms. The zero-order valence-corrected chi connectivity index (χ0v) is 17.6. The highest BCUT2D eigenvalue weighted by Crippen LogP contribution is 2.24. The van der Waals surface area contributed by atoms with Gasteiger partial charge in [0.25, 0.3) is 5.91 Å². The molecule has 2 aromatic carbocycles. The van der Waals surface area contributed by atoms with E-state index in [4.69, 9.17) is 9.15 Å². The first-order valence-corrected chi connectivity index (χ1v) is 9.79. The Balaban J connectivity index is 1.76. The van der Waals surface area contributed by atoms with Crippen LogP contribution in [-0.2, 0) is 9.53 Å². The normalized spacial score (nSPS) is 11.0. The molecule has 0 aliphatic carbocycles. The molecule has 3 aromatic rings. The SMILES string of the molecule is CCOC(=O)c1ccc(-c2ccc(C=C(C#N)C(=O)Nc3ccc(C)cc3C)o2)cc1. The highest BCUT2D eigenvalue weighted by molar-refractivity contribution is 6.09. The Morgan fingerprint density at radius 3 is 2.48 bits per heavy atom. The van der Waals surface area contributed by atoms with Crippen LogP contribution in [-0.4, -0.2) is 18.5 Å². The van der Waals surface area contributed by atoms with E-state index in [2.05, 4.69) is 5.32 Å². The molecule has 0 aliphatic rings. The molecule has 0 atom stereocenters. The van der Waals surface area contributed by atoms with Crippen molar-refractivity contribution in [3.8, 4) is 17.4 Å². The van der Waals surface area contributed by atoms with Crippen molar-refractivity contribution in [1.82, 2.24) is 0 Å². The third kappa shape index (κ3) is 5.28. The van der Waals surface area contributed by atoms with Crippen molar-refractivity contribution in [3.05, 3.63) is 82.6 Å². The van der Waals surface area contributed by atoms with Crippen molar-refractivity contribution in [3.63, 3.8) is 0 Å². The average Bonchev–Trinajstić information content (AvgIpc) is 3.23. The predicted octanol–water partition coefficient (Wildman–Crippen LogP) is 5.29. The van der Waals surface area contributed by atoms with Crippen LogP contribution in [0.2, 0.25) is 0 Å². The molecule has 0 fully saturated rings. The van der Waals surface area contributed by atoms with Crippen LogP contribution in [0.5, 0.6) is 0 Å². The van der Waals surface area contributed by atoms with Gasteiger partial charge in [-0.15, -0.1) is 0 Å². The average molecular weight is 414 g/mol. The summed E-state index contributed by atoms with van der Waals surface area (Å²) in [6.45, 7) is 5.93. The van der Waals surface area contributed by atoms with Gasteiger partial charge in [0.1, 0.15) is 23.2 Å². The lowest BCUT2D eigenvalue weighted by Crippen LogP contribution is -2.14. The summed E-state index contributed by atoms with van der Waals surface area (Å²) in [6, 6.07) is 17.8. The first-order chi connectivity index (χ1) is 14.9. The van der Waals surface area contributed by atoms with Crippen molar-refractivity contribution >= 4 is 23.6 Å². The van der Waals surface area contributed by atoms with Gasteiger partial charge in [0.05, 0.1) is 12.2 Å². The molecule has 156 valence electrons. The number of rotatable bonds is 6. The van der Waals surface area contributed by atoms with Crippen LogP contribution in [0.4, 0.5) is 5.69 Å². The number of ether oxygens (including phenoxy) is 1. The fraction of sp³-hybridized carbons (Fsp3) is 0.160. The second-order valence-electron chi connectivity index (χ2n) is 6.94. The van der Waals surface area contributed by atoms with Crippen molar-refractivity contribution in [2.24, 2.45) is 0 Å². The van der Waals surface area contributed by atoms with Gasteiger partial charge in [-0.1, -0.05) is 29.8 Å². The summed E-state index contributed by atoms with van der Waals surface area (Å²) in [6.07, 6.45) is 1.40. The van der Waals surface area contributed by atoms with Gasteiger partial charge in [0.2, 0.25) is 0 Å². The quantitative estimate of drug-likeness (QED) is 0.336. The van der Waals surface area contributed by atoms with E-state index in [0.717, 1.165) is 16.7 Å². The smallest absolute Gasteiger partial charge is 0.338 e. The lowest BCUT2D eigenvalue weighted by Gasteiger charge is -2.08. The zero-order valence-electron chi connectivity index (χ0n) is 17.6. The zero-order chi connectivity index (χ0) is 22.4. The molecule has 1 N–H and O–H groups in total. The van der Waals surface area contributed by atoms with E-state index in [1.165, 1.54) is 6.08 Å². The number of hydrogen-bond acceptors (Lipinski definition) is 5. The second kappa shape index (κ2) is 9.59. The summed E-state index contributed by atoms with van der Waals surface area (Å²) in [4.78, 5) is 24.3. The number of hydrogen-bond donors (Lipinski definition) is 1. The van der Waals surface area contributed by atoms with E-state index in [1.54, 1.807) is 43.3 Å². The Hall–Kier alpha value is -4.11. The molecule has 0 saturated heterocycles. The van der Waals surface area contributed by atoms with Gasteiger partial charge in [-0.25, -0.2) is 4.79 Å². The topological polar surface area (TPSA) is 92.3 Å². The van der Waals surface area contributed by atoms with Crippen LogP contribution >= 0.6 is 0 Å². The number of carbonyl (C=O) groups is 2. The Morgan fingerprint density at radius 1 is 1.10 bits per heavy atom. The molecule has 0 spiro atoms. The van der Waals surface area contributed by atoms with Crippen LogP contribution in [0, 0.1) is 25.2 Å². The Kier molecular flexibility index (Phi) is 6.68. The number of benzene rings is 2. The molecule has 6 nitrogen and oxygen atoms in total. The molecule has 0 unspecified atom stereocenters. The third-order valence-electron chi connectivity index (χ3n) is 4.59. The Morgan fingerprint density at radius 2 is 1.84 bits per heavy atom. The molecule has 1 heterocycles. The number of furan rings is 1. The van der Waals surface area contributed by atoms with E-state index < -0.39 is 5.91 Å². The number of amides is 1. The fourth-order valence-corrected chi connectivity index (χ4v) is 3.00. The molecule has 0 saturated carbocycles. The van der Waals surface area contributed by atoms with Gasteiger partial charge >= 0.3 is 5.97 Å². The molecule has 0 radical (unpaired) electrons. The number of nitrogens with one attached hydrogen (secondary N) is 1.